The van der Waals surface area contributed by atoms with Crippen LogP contribution in [0.5, 0.6) is 5.75 Å². The number of nitrogens with zero attached hydrogens (tertiary/aromatic N) is 2. The molecule has 12 heteroatoms. The van der Waals surface area contributed by atoms with Crippen molar-refractivity contribution in [2.45, 2.75) is 43.8 Å². The van der Waals surface area contributed by atoms with E-state index in [4.69, 9.17) is 39.5 Å². The minimum Gasteiger partial charge on any atom is -0.497 e. The molecule has 0 bridgehead atoms. The van der Waals surface area contributed by atoms with E-state index in [9.17, 15) is 18.0 Å². The van der Waals surface area contributed by atoms with Crippen LogP contribution in [0.2, 0.25) is 15.1 Å². The average molecular weight is 703 g/mol. The Balaban J connectivity index is 1.83. The maximum Gasteiger partial charge on any atom is 0.264 e. The van der Waals surface area contributed by atoms with Crippen molar-refractivity contribution in [3.05, 3.63) is 123 Å². The molecule has 0 aliphatic rings. The number of hydrogen-bond donors (Lipinski definition) is 1. The number of amides is 2. The van der Waals surface area contributed by atoms with E-state index in [-0.39, 0.29) is 29.6 Å². The van der Waals surface area contributed by atoms with Gasteiger partial charge in [-0.2, -0.15) is 0 Å². The van der Waals surface area contributed by atoms with Crippen molar-refractivity contribution in [1.82, 2.24) is 10.2 Å². The highest BCUT2D eigenvalue weighted by Gasteiger charge is 2.35. The molecule has 46 heavy (non-hydrogen) atoms. The third-order valence-corrected chi connectivity index (χ3v) is 9.88. The molecule has 4 aromatic carbocycles. The number of anilines is 1. The van der Waals surface area contributed by atoms with Gasteiger partial charge in [0.2, 0.25) is 11.8 Å². The number of nitrogens with one attached hydrogen (secondary N) is 1. The van der Waals surface area contributed by atoms with E-state index in [0.717, 1.165) is 9.87 Å². The standard InChI is InChI=1S/C34H34Cl3N3O5S/c1-23(2)38-34(42)32(20-24-8-5-4-6-9-24)39(21-29-30(36)10-7-11-31(29)37)33(41)22-40(26-14-12-25(35)13-15-26)46(43,44)28-18-16-27(45-3)17-19-28/h4-19,23,32H,20-22H2,1-3H3,(H,38,42). The molecule has 4 aromatic rings. The first-order valence-corrected chi connectivity index (χ1v) is 17.0. The summed E-state index contributed by atoms with van der Waals surface area (Å²) in [6.07, 6.45) is 0.152. The van der Waals surface area contributed by atoms with Crippen molar-refractivity contribution in [2.24, 2.45) is 0 Å². The van der Waals surface area contributed by atoms with Gasteiger partial charge in [-0.25, -0.2) is 8.42 Å². The smallest absolute Gasteiger partial charge is 0.264 e. The van der Waals surface area contributed by atoms with Crippen LogP contribution in [0.1, 0.15) is 25.0 Å². The average Bonchev–Trinajstić information content (AvgIpc) is 3.03. The molecule has 0 fully saturated rings. The zero-order chi connectivity index (χ0) is 33.4. The molecule has 0 heterocycles. The van der Waals surface area contributed by atoms with Crippen molar-refractivity contribution in [3.63, 3.8) is 0 Å². The van der Waals surface area contributed by atoms with Crippen LogP contribution in [0.3, 0.4) is 0 Å². The van der Waals surface area contributed by atoms with Crippen LogP contribution in [0.4, 0.5) is 5.69 Å². The molecule has 0 saturated carbocycles. The number of methoxy groups -OCH3 is 1. The van der Waals surface area contributed by atoms with Crippen LogP contribution >= 0.6 is 34.8 Å². The third-order valence-electron chi connectivity index (χ3n) is 7.13. The van der Waals surface area contributed by atoms with Crippen LogP contribution in [0.15, 0.2) is 102 Å². The fraction of sp³-hybridized carbons (Fsp3) is 0.235. The first-order valence-electron chi connectivity index (χ1n) is 14.4. The van der Waals surface area contributed by atoms with Gasteiger partial charge < -0.3 is 15.0 Å². The molecule has 1 N–H and O–H groups in total. The Morgan fingerprint density at radius 2 is 1.43 bits per heavy atom. The summed E-state index contributed by atoms with van der Waals surface area (Å²) in [5, 5.41) is 3.90. The highest BCUT2D eigenvalue weighted by Crippen LogP contribution is 2.30. The van der Waals surface area contributed by atoms with Gasteiger partial charge in [0.05, 0.1) is 17.7 Å². The predicted octanol–water partition coefficient (Wildman–Crippen LogP) is 7.02. The van der Waals surface area contributed by atoms with E-state index in [1.165, 1.54) is 60.5 Å². The van der Waals surface area contributed by atoms with Crippen LogP contribution in [0, 0.1) is 0 Å². The second kappa shape index (κ2) is 15.7. The Morgan fingerprint density at radius 3 is 2.00 bits per heavy atom. The van der Waals surface area contributed by atoms with Crippen molar-refractivity contribution in [2.75, 3.05) is 18.0 Å². The molecule has 0 saturated heterocycles. The molecule has 4 rings (SSSR count). The number of hydrogen-bond acceptors (Lipinski definition) is 5. The lowest BCUT2D eigenvalue weighted by Gasteiger charge is -2.34. The Kier molecular flexibility index (Phi) is 12.0. The summed E-state index contributed by atoms with van der Waals surface area (Å²) < 4.78 is 34.5. The molecular formula is C34H34Cl3N3O5S. The van der Waals surface area contributed by atoms with Gasteiger partial charge in [-0.1, -0.05) is 71.2 Å². The number of benzene rings is 4. The van der Waals surface area contributed by atoms with Crippen LogP contribution in [-0.2, 0) is 32.6 Å². The fourth-order valence-corrected chi connectivity index (χ4v) is 6.86. The molecule has 2 amide bonds. The highest BCUT2D eigenvalue weighted by molar-refractivity contribution is 7.92. The third kappa shape index (κ3) is 8.73. The maximum atomic E-state index is 14.5. The SMILES string of the molecule is COc1ccc(S(=O)(=O)N(CC(=O)N(Cc2c(Cl)cccc2Cl)C(Cc2ccccc2)C(=O)NC(C)C)c2ccc(Cl)cc2)cc1. The monoisotopic (exact) mass is 701 g/mol. The van der Waals surface area contributed by atoms with Crippen molar-refractivity contribution in [1.29, 1.82) is 0 Å². The van der Waals surface area contributed by atoms with Crippen molar-refractivity contribution >= 4 is 62.3 Å². The lowest BCUT2D eigenvalue weighted by molar-refractivity contribution is -0.140. The second-order valence-electron chi connectivity index (χ2n) is 10.8. The molecule has 0 aromatic heterocycles. The van der Waals surface area contributed by atoms with Gasteiger partial charge in [0.15, 0.2) is 0 Å². The van der Waals surface area contributed by atoms with E-state index in [2.05, 4.69) is 5.32 Å². The van der Waals surface area contributed by atoms with Crippen molar-refractivity contribution < 1.29 is 22.7 Å². The molecule has 1 atom stereocenters. The van der Waals surface area contributed by atoms with Gasteiger partial charge in [0.25, 0.3) is 10.0 Å². The van der Waals surface area contributed by atoms with Gasteiger partial charge in [-0.05, 0) is 80.1 Å². The molecule has 8 nitrogen and oxygen atoms in total. The van der Waals surface area contributed by atoms with Crippen LogP contribution in [-0.4, -0.2) is 50.9 Å². The van der Waals surface area contributed by atoms with E-state index in [1.54, 1.807) is 18.2 Å². The summed E-state index contributed by atoms with van der Waals surface area (Å²) in [6.45, 7) is 2.84. The van der Waals surface area contributed by atoms with Gasteiger partial charge in [-0.3, -0.25) is 13.9 Å². The largest absolute Gasteiger partial charge is 0.497 e. The molecule has 242 valence electrons. The van der Waals surface area contributed by atoms with E-state index >= 15 is 0 Å². The predicted molar refractivity (Wildman–Crippen MR) is 183 cm³/mol. The first kappa shape index (κ1) is 35.1. The number of carbonyl (C=O) groups excluding carboxylic acids is 2. The molecule has 0 aliphatic carbocycles. The topological polar surface area (TPSA) is 96.0 Å². The number of sulfonamides is 1. The fourth-order valence-electron chi connectivity index (χ4n) is 4.80. The summed E-state index contributed by atoms with van der Waals surface area (Å²) in [5.41, 5.74) is 1.43. The Hall–Kier alpha value is -3.76. The number of halogens is 3. The minimum absolute atomic E-state index is 0.0601. The summed E-state index contributed by atoms with van der Waals surface area (Å²) in [5.74, 6) is -0.593. The zero-order valence-electron chi connectivity index (χ0n) is 25.5. The normalized spacial score (nSPS) is 12.0. The maximum absolute atomic E-state index is 14.5. The molecular weight excluding hydrogens is 669 g/mol. The van der Waals surface area contributed by atoms with Crippen LogP contribution < -0.4 is 14.4 Å². The van der Waals surface area contributed by atoms with Gasteiger partial charge in [0, 0.05) is 39.6 Å². The Morgan fingerprint density at radius 1 is 0.826 bits per heavy atom. The number of carbonyl (C=O) groups is 2. The van der Waals surface area contributed by atoms with Gasteiger partial charge in [-0.15, -0.1) is 0 Å². The Labute approximate surface area is 284 Å². The second-order valence-corrected chi connectivity index (χ2v) is 13.9. The lowest BCUT2D eigenvalue weighted by atomic mass is 10.0. The highest BCUT2D eigenvalue weighted by atomic mass is 35.5. The molecule has 0 aliphatic heterocycles. The lowest BCUT2D eigenvalue weighted by Crippen LogP contribution is -2.54. The van der Waals surface area contributed by atoms with E-state index in [1.807, 2.05) is 44.2 Å². The summed E-state index contributed by atoms with van der Waals surface area (Å²) in [6, 6.07) is 24.9. The summed E-state index contributed by atoms with van der Waals surface area (Å²) in [7, 11) is -2.82. The van der Waals surface area contributed by atoms with Crippen molar-refractivity contribution in [3.8, 4) is 5.75 Å². The molecule has 0 radical (unpaired) electrons. The van der Waals surface area contributed by atoms with Crippen LogP contribution in [0.25, 0.3) is 0 Å². The molecule has 0 spiro atoms. The van der Waals surface area contributed by atoms with E-state index < -0.39 is 34.4 Å². The summed E-state index contributed by atoms with van der Waals surface area (Å²) >= 11 is 19.2. The van der Waals surface area contributed by atoms with Gasteiger partial charge in [0.1, 0.15) is 18.3 Å². The Bertz CT molecular complexity index is 1730. The molecule has 1 unspecified atom stereocenters. The number of ether oxygens (including phenoxy) is 1. The number of rotatable bonds is 13. The summed E-state index contributed by atoms with van der Waals surface area (Å²) in [4.78, 5) is 29.6. The minimum atomic E-state index is -4.30. The quantitative estimate of drug-likeness (QED) is 0.162. The zero-order valence-corrected chi connectivity index (χ0v) is 28.6. The first-order chi connectivity index (χ1) is 21.9. The van der Waals surface area contributed by atoms with E-state index in [0.29, 0.717) is 26.4 Å². The van der Waals surface area contributed by atoms with Gasteiger partial charge >= 0.3 is 0 Å².